The Kier molecular flexibility index (Phi) is 8.56. The van der Waals surface area contributed by atoms with Gasteiger partial charge in [0.1, 0.15) is 12.5 Å². The molecule has 1 radical (unpaired) electrons. The van der Waals surface area contributed by atoms with Gasteiger partial charge >= 0.3 is 0 Å². The van der Waals surface area contributed by atoms with E-state index in [0.717, 1.165) is 23.9 Å². The molecule has 1 aromatic carbocycles. The zero-order chi connectivity index (χ0) is 19.8. The molecule has 0 aliphatic heterocycles. The van der Waals surface area contributed by atoms with E-state index in [-0.39, 0.29) is 20.1 Å². The molecule has 4 aromatic rings. The molecule has 0 aliphatic rings. The number of imidazole rings is 1. The second kappa shape index (κ2) is 10.9. The zero-order valence-corrected chi connectivity index (χ0v) is 19.5. The molecular formula is C22H27BIrN5-. The fraction of sp³-hybridized carbons (Fsp3) is 0.227. The summed E-state index contributed by atoms with van der Waals surface area (Å²) in [5.74, 6) is 0. The molecule has 0 N–H and O–H groups in total. The van der Waals surface area contributed by atoms with Gasteiger partial charge in [-0.3, -0.25) is 0 Å². The minimum absolute atomic E-state index is 0. The Bertz CT molecular complexity index is 914. The molecule has 0 fully saturated rings. The average Bonchev–Trinajstić information content (AvgIpc) is 3.44. The molecule has 0 spiro atoms. The number of benzene rings is 1. The predicted molar refractivity (Wildman–Crippen MR) is 116 cm³/mol. The Morgan fingerprint density at radius 2 is 1.76 bits per heavy atom. The minimum atomic E-state index is -0.818. The fourth-order valence-corrected chi connectivity index (χ4v) is 3.61. The van der Waals surface area contributed by atoms with Crippen LogP contribution in [0.1, 0.15) is 13.8 Å². The van der Waals surface area contributed by atoms with Crippen LogP contribution in [0.5, 0.6) is 0 Å². The van der Waals surface area contributed by atoms with Crippen LogP contribution in [-0.4, -0.2) is 30.1 Å². The molecule has 5 nitrogen and oxygen atoms in total. The number of aryl methyl sites for hydroxylation is 1. The summed E-state index contributed by atoms with van der Waals surface area (Å²) in [6.45, 7) is 4.45. The SMILES string of the molecule is CC[B-](CC)(n1ccn(C)[cH+]1)n1cccn1.[Ir].[c-]1ccccc1-c1ccccn1. The summed E-state index contributed by atoms with van der Waals surface area (Å²) in [6.07, 6.45) is 13.4. The Labute approximate surface area is 186 Å². The molecule has 0 unspecified atom stereocenters. The summed E-state index contributed by atoms with van der Waals surface area (Å²) < 4.78 is 6.48. The first-order chi connectivity index (χ1) is 13.7. The van der Waals surface area contributed by atoms with Crippen LogP contribution in [0.15, 0.2) is 85.8 Å². The van der Waals surface area contributed by atoms with Gasteiger partial charge in [-0.25, -0.2) is 9.67 Å². The second-order valence-corrected chi connectivity index (χ2v) is 6.95. The van der Waals surface area contributed by atoms with E-state index in [1.165, 1.54) is 0 Å². The first-order valence-electron chi connectivity index (χ1n) is 9.79. The van der Waals surface area contributed by atoms with Crippen LogP contribution in [0.25, 0.3) is 11.3 Å². The van der Waals surface area contributed by atoms with Crippen LogP contribution >= 0.6 is 0 Å². The third kappa shape index (κ3) is 5.31. The molecular weight excluding hydrogens is 537 g/mol. The predicted octanol–water partition coefficient (Wildman–Crippen LogP) is 4.73. The van der Waals surface area contributed by atoms with Gasteiger partial charge in [0.05, 0.1) is 0 Å². The Morgan fingerprint density at radius 1 is 0.966 bits per heavy atom. The van der Waals surface area contributed by atoms with Gasteiger partial charge in [0, 0.05) is 39.5 Å². The van der Waals surface area contributed by atoms with Crippen LogP contribution in [0.4, 0.5) is 0 Å². The number of hydrogen-bond acceptors (Lipinski definition) is 2. The van der Waals surface area contributed by atoms with Crippen LogP contribution in [0, 0.1) is 6.07 Å². The second-order valence-electron chi connectivity index (χ2n) is 6.95. The summed E-state index contributed by atoms with van der Waals surface area (Å²) >= 11 is 0. The van der Waals surface area contributed by atoms with E-state index in [9.17, 15) is 0 Å². The average molecular weight is 565 g/mol. The molecule has 153 valence electrons. The quantitative estimate of drug-likeness (QED) is 0.260. The van der Waals surface area contributed by atoms with Gasteiger partial charge in [-0.1, -0.05) is 26.0 Å². The van der Waals surface area contributed by atoms with Gasteiger partial charge in [0.25, 0.3) is 0 Å². The van der Waals surface area contributed by atoms with Crippen molar-refractivity contribution in [3.05, 3.63) is 91.9 Å². The van der Waals surface area contributed by atoms with Crippen LogP contribution in [0.3, 0.4) is 0 Å². The zero-order valence-electron chi connectivity index (χ0n) is 17.1. The summed E-state index contributed by atoms with van der Waals surface area (Å²) in [5.41, 5.74) is 2.01. The fourth-order valence-electron chi connectivity index (χ4n) is 3.61. The maximum atomic E-state index is 4.43. The Balaban J connectivity index is 0.000000207. The van der Waals surface area contributed by atoms with E-state index in [1.807, 2.05) is 61.8 Å². The number of aromatic nitrogens is 5. The van der Waals surface area contributed by atoms with Crippen molar-refractivity contribution in [3.63, 3.8) is 0 Å². The molecule has 3 aromatic heterocycles. The molecule has 0 amide bonds. The van der Waals surface area contributed by atoms with Crippen molar-refractivity contribution < 1.29 is 20.1 Å². The van der Waals surface area contributed by atoms with E-state index in [2.05, 4.69) is 68.6 Å². The third-order valence-electron chi connectivity index (χ3n) is 5.32. The van der Waals surface area contributed by atoms with Crippen LogP contribution in [0.2, 0.25) is 12.6 Å². The van der Waals surface area contributed by atoms with Crippen molar-refractivity contribution in [2.24, 2.45) is 7.05 Å². The van der Waals surface area contributed by atoms with E-state index in [1.54, 1.807) is 6.20 Å². The van der Waals surface area contributed by atoms with Crippen molar-refractivity contribution in [1.82, 2.24) is 23.7 Å². The van der Waals surface area contributed by atoms with E-state index in [0.29, 0.717) is 0 Å². The largest absolute Gasteiger partial charge is 0.422 e. The molecule has 7 heteroatoms. The van der Waals surface area contributed by atoms with Crippen molar-refractivity contribution >= 4 is 6.42 Å². The monoisotopic (exact) mass is 565 g/mol. The van der Waals surface area contributed by atoms with Gasteiger partial charge in [-0.05, 0) is 24.0 Å². The van der Waals surface area contributed by atoms with Crippen molar-refractivity contribution in [2.75, 3.05) is 0 Å². The van der Waals surface area contributed by atoms with E-state index in [4.69, 9.17) is 0 Å². The number of nitrogens with zero attached hydrogens (tertiary/aromatic N) is 5. The molecule has 29 heavy (non-hydrogen) atoms. The maximum absolute atomic E-state index is 4.43. The molecule has 0 aliphatic carbocycles. The summed E-state index contributed by atoms with van der Waals surface area (Å²) in [4.78, 5) is 4.22. The smallest absolute Gasteiger partial charge is 0.238 e. The molecule has 0 saturated carbocycles. The Morgan fingerprint density at radius 3 is 2.28 bits per heavy atom. The van der Waals surface area contributed by atoms with Gasteiger partial charge < -0.3 is 14.1 Å². The molecule has 3 heterocycles. The third-order valence-corrected chi connectivity index (χ3v) is 5.32. The summed E-state index contributed by atoms with van der Waals surface area (Å²) in [5, 5.41) is 4.43. The number of rotatable bonds is 5. The maximum Gasteiger partial charge on any atom is 0.238 e. The summed E-state index contributed by atoms with van der Waals surface area (Å²) in [6, 6.07) is 18.8. The molecule has 0 bridgehead atoms. The summed E-state index contributed by atoms with van der Waals surface area (Å²) in [7, 11) is 2.05. The topological polar surface area (TPSA) is 40.6 Å². The number of pyridine rings is 1. The first kappa shape index (κ1) is 22.8. The minimum Gasteiger partial charge on any atom is -0.422 e. The van der Waals surface area contributed by atoms with E-state index >= 15 is 0 Å². The van der Waals surface area contributed by atoms with Crippen molar-refractivity contribution in [3.8, 4) is 11.3 Å². The van der Waals surface area contributed by atoms with Gasteiger partial charge in [0.2, 0.25) is 6.42 Å². The number of hydrogen-bond donors (Lipinski definition) is 0. The van der Waals surface area contributed by atoms with Gasteiger partial charge in [-0.2, -0.15) is 0 Å². The molecule has 4 rings (SSSR count). The van der Waals surface area contributed by atoms with Crippen LogP contribution in [-0.2, 0) is 27.2 Å². The van der Waals surface area contributed by atoms with Gasteiger partial charge in [0.15, 0.2) is 6.20 Å². The van der Waals surface area contributed by atoms with Crippen molar-refractivity contribution in [2.45, 2.75) is 26.5 Å². The van der Waals surface area contributed by atoms with Crippen molar-refractivity contribution in [1.29, 1.82) is 0 Å². The van der Waals surface area contributed by atoms with E-state index < -0.39 is 6.42 Å². The Hall–Kier alpha value is -2.50. The van der Waals surface area contributed by atoms with Crippen LogP contribution < -0.4 is 0 Å². The molecule has 0 saturated heterocycles. The molecule has 0 atom stereocenters. The standard InChI is InChI=1S/C11H19BN4.C11H8N.Ir/c1-4-12(5-2,16-8-6-7-13-16)15-10-9-14(3)11-15;1-2-6-10(7-3-1)11-8-4-5-9-12-11;/h6-11H,4-5H2,1-3H3;1-6,8-9H;/q;-1;. The first-order valence-corrected chi connectivity index (χ1v) is 9.79. The normalized spacial score (nSPS) is 10.6. The van der Waals surface area contributed by atoms with Gasteiger partial charge in [-0.15, -0.1) is 48.5 Å².